The summed E-state index contributed by atoms with van der Waals surface area (Å²) in [5, 5.41) is 2.91. The number of carbonyl (C=O) groups is 2. The summed E-state index contributed by atoms with van der Waals surface area (Å²) in [4.78, 5) is 28.1. The zero-order chi connectivity index (χ0) is 16.9. The van der Waals surface area contributed by atoms with E-state index in [0.29, 0.717) is 12.3 Å². The van der Waals surface area contributed by atoms with Crippen LogP contribution >= 0.6 is 0 Å². The van der Waals surface area contributed by atoms with Crippen LogP contribution in [0.5, 0.6) is 0 Å². The molecule has 1 aliphatic carbocycles. The van der Waals surface area contributed by atoms with E-state index in [1.165, 1.54) is 25.3 Å². The van der Waals surface area contributed by atoms with Gasteiger partial charge in [0, 0.05) is 18.9 Å². The highest BCUT2D eigenvalue weighted by Gasteiger charge is 2.22. The average molecular weight is 337 g/mol. The quantitative estimate of drug-likeness (QED) is 0.891. The van der Waals surface area contributed by atoms with Crippen LogP contribution in [0.25, 0.3) is 0 Å². The Morgan fingerprint density at radius 3 is 2.70 bits per heavy atom. The third-order valence-electron chi connectivity index (χ3n) is 3.99. The Morgan fingerprint density at radius 2 is 2.09 bits per heavy atom. The lowest BCUT2D eigenvalue weighted by atomic mass is 10.0. The molecule has 23 heavy (non-hydrogen) atoms. The Morgan fingerprint density at radius 1 is 1.39 bits per heavy atom. The largest absolute Gasteiger partial charge is 0.344 e. The molecule has 7 heteroatoms. The third kappa shape index (κ3) is 5.13. The van der Waals surface area contributed by atoms with Crippen LogP contribution in [0.4, 0.5) is 0 Å². The molecule has 0 saturated heterocycles. The van der Waals surface area contributed by atoms with Gasteiger partial charge in [0.2, 0.25) is 5.91 Å². The van der Waals surface area contributed by atoms with E-state index < -0.39 is 21.7 Å². The fourth-order valence-electron chi connectivity index (χ4n) is 2.71. The van der Waals surface area contributed by atoms with E-state index >= 15 is 0 Å². The van der Waals surface area contributed by atoms with Crippen molar-refractivity contribution < 1.29 is 13.8 Å². The van der Waals surface area contributed by atoms with Gasteiger partial charge in [0.25, 0.3) is 5.91 Å². The van der Waals surface area contributed by atoms with Crippen molar-refractivity contribution in [3.8, 4) is 0 Å². The van der Waals surface area contributed by atoms with Gasteiger partial charge in [-0.1, -0.05) is 18.9 Å². The lowest BCUT2D eigenvalue weighted by Gasteiger charge is -2.13. The molecule has 2 unspecified atom stereocenters. The van der Waals surface area contributed by atoms with Gasteiger partial charge in [-0.2, -0.15) is 4.36 Å². The summed E-state index contributed by atoms with van der Waals surface area (Å²) in [5.74, 6) is -0.325. The maximum absolute atomic E-state index is 12.5. The van der Waals surface area contributed by atoms with Crippen molar-refractivity contribution in [2.75, 3.05) is 6.26 Å². The van der Waals surface area contributed by atoms with E-state index in [2.05, 4.69) is 14.7 Å². The first-order chi connectivity index (χ1) is 10.9. The first-order valence-electron chi connectivity index (χ1n) is 7.85. The van der Waals surface area contributed by atoms with Crippen molar-refractivity contribution in [3.63, 3.8) is 0 Å². The first-order valence-corrected chi connectivity index (χ1v) is 9.77. The summed E-state index contributed by atoms with van der Waals surface area (Å²) in [5.41, 5.74) is 0. The van der Waals surface area contributed by atoms with Crippen molar-refractivity contribution in [1.82, 2.24) is 10.3 Å². The normalized spacial score (nSPS) is 18.9. The highest BCUT2D eigenvalue weighted by atomic mass is 32.2. The second-order valence-corrected chi connectivity index (χ2v) is 8.25. The molecule has 1 fully saturated rings. The number of nitrogens with zero attached hydrogens (tertiary/aromatic N) is 2. The number of carbonyl (C=O) groups excluding carboxylic acids is 2. The second-order valence-electron chi connectivity index (χ2n) is 6.04. The van der Waals surface area contributed by atoms with Crippen LogP contribution in [0.1, 0.15) is 39.0 Å². The lowest BCUT2D eigenvalue weighted by molar-refractivity contribution is -0.127. The molecule has 1 aliphatic rings. The molecule has 2 amide bonds. The molecule has 6 nitrogen and oxygen atoms in total. The van der Waals surface area contributed by atoms with Gasteiger partial charge in [-0.3, -0.25) is 9.59 Å². The molecule has 0 aliphatic heterocycles. The molecule has 0 bridgehead atoms. The summed E-state index contributed by atoms with van der Waals surface area (Å²) in [6, 6.07) is 4.18. The Labute approximate surface area is 137 Å². The Kier molecular flexibility index (Phi) is 5.87. The SMILES string of the molecule is CC(NC(=O)CC1CCCC1)C(=O)N=S(C)(=O)c1ccccn1. The second kappa shape index (κ2) is 7.68. The fraction of sp³-hybridized carbons (Fsp3) is 0.562. The summed E-state index contributed by atoms with van der Waals surface area (Å²) in [6.07, 6.45) is 7.81. The molecule has 0 radical (unpaired) electrons. The molecule has 1 aromatic rings. The molecule has 2 atom stereocenters. The van der Waals surface area contributed by atoms with Crippen molar-refractivity contribution >= 4 is 21.5 Å². The Bertz CT molecular complexity index is 675. The van der Waals surface area contributed by atoms with Gasteiger partial charge in [-0.05, 0) is 37.8 Å². The van der Waals surface area contributed by atoms with Crippen LogP contribution < -0.4 is 5.32 Å². The summed E-state index contributed by atoms with van der Waals surface area (Å²) >= 11 is 0. The monoisotopic (exact) mass is 337 g/mol. The molecular formula is C16H23N3O3S. The Hall–Kier alpha value is -1.76. The summed E-state index contributed by atoms with van der Waals surface area (Å²) in [6.45, 7) is 1.56. The summed E-state index contributed by atoms with van der Waals surface area (Å²) < 4.78 is 16.3. The van der Waals surface area contributed by atoms with Crippen LogP contribution in [0.15, 0.2) is 33.8 Å². The van der Waals surface area contributed by atoms with E-state index in [1.54, 1.807) is 25.1 Å². The molecule has 0 spiro atoms. The van der Waals surface area contributed by atoms with Crippen molar-refractivity contribution in [2.45, 2.75) is 50.1 Å². The number of pyridine rings is 1. The minimum absolute atomic E-state index is 0.145. The van der Waals surface area contributed by atoms with Gasteiger partial charge in [-0.25, -0.2) is 9.19 Å². The number of nitrogens with one attached hydrogen (secondary N) is 1. The average Bonchev–Trinajstić information content (AvgIpc) is 3.00. The van der Waals surface area contributed by atoms with Crippen LogP contribution in [-0.2, 0) is 19.3 Å². The number of amides is 2. The first kappa shape index (κ1) is 17.6. The zero-order valence-corrected chi connectivity index (χ0v) is 14.3. The van der Waals surface area contributed by atoms with Gasteiger partial charge >= 0.3 is 0 Å². The fourth-order valence-corrected chi connectivity index (χ4v) is 3.89. The number of rotatable bonds is 5. The molecule has 126 valence electrons. The van der Waals surface area contributed by atoms with E-state index in [1.807, 2.05) is 0 Å². The predicted molar refractivity (Wildman–Crippen MR) is 88.2 cm³/mol. The highest BCUT2D eigenvalue weighted by molar-refractivity contribution is 7.93. The molecule has 0 aromatic carbocycles. The van der Waals surface area contributed by atoms with Gasteiger partial charge in [0.15, 0.2) is 0 Å². The number of hydrogen-bond acceptors (Lipinski definition) is 4. The maximum Gasteiger partial charge on any atom is 0.276 e. The van der Waals surface area contributed by atoms with Gasteiger partial charge < -0.3 is 5.32 Å². The van der Waals surface area contributed by atoms with Crippen LogP contribution in [0, 0.1) is 5.92 Å². The van der Waals surface area contributed by atoms with E-state index in [0.717, 1.165) is 12.8 Å². The minimum Gasteiger partial charge on any atom is -0.344 e. The maximum atomic E-state index is 12.5. The van der Waals surface area contributed by atoms with Crippen LogP contribution in [-0.4, -0.2) is 33.3 Å². The van der Waals surface area contributed by atoms with Crippen molar-refractivity contribution in [3.05, 3.63) is 24.4 Å². The van der Waals surface area contributed by atoms with Gasteiger partial charge in [0.1, 0.15) is 11.1 Å². The van der Waals surface area contributed by atoms with E-state index in [4.69, 9.17) is 0 Å². The van der Waals surface area contributed by atoms with Crippen LogP contribution in [0.3, 0.4) is 0 Å². The molecule has 1 N–H and O–H groups in total. The van der Waals surface area contributed by atoms with Crippen molar-refractivity contribution in [1.29, 1.82) is 0 Å². The van der Waals surface area contributed by atoms with Crippen LogP contribution in [0.2, 0.25) is 0 Å². The van der Waals surface area contributed by atoms with Gasteiger partial charge in [-0.15, -0.1) is 0 Å². The van der Waals surface area contributed by atoms with E-state index in [-0.39, 0.29) is 10.9 Å². The van der Waals surface area contributed by atoms with Gasteiger partial charge in [0.05, 0.1) is 9.73 Å². The van der Waals surface area contributed by atoms with E-state index in [9.17, 15) is 13.8 Å². The highest BCUT2D eigenvalue weighted by Crippen LogP contribution is 2.27. The zero-order valence-electron chi connectivity index (χ0n) is 13.5. The standard InChI is InChI=1S/C16H23N3O3S/c1-12(18-14(20)11-13-7-3-4-8-13)16(21)19-23(2,22)15-9-5-6-10-17-15/h5-6,9-10,12-13H,3-4,7-8,11H2,1-2H3,(H,18,20). The minimum atomic E-state index is -2.90. The molecular weight excluding hydrogens is 314 g/mol. The topological polar surface area (TPSA) is 88.5 Å². The lowest BCUT2D eigenvalue weighted by Crippen LogP contribution is -2.38. The molecule has 1 heterocycles. The smallest absolute Gasteiger partial charge is 0.276 e. The molecule has 1 saturated carbocycles. The van der Waals surface area contributed by atoms with Crippen molar-refractivity contribution in [2.24, 2.45) is 10.3 Å². The molecule has 1 aromatic heterocycles. The molecule has 2 rings (SSSR count). The third-order valence-corrected chi connectivity index (χ3v) is 5.53. The number of hydrogen-bond donors (Lipinski definition) is 1. The Balaban J connectivity index is 1.97. The number of aromatic nitrogens is 1. The summed E-state index contributed by atoms with van der Waals surface area (Å²) in [7, 11) is -2.90. The predicted octanol–water partition coefficient (Wildman–Crippen LogP) is 2.15.